The number of hydrogen-bond donors (Lipinski definition) is 1. The van der Waals surface area contributed by atoms with Crippen LogP contribution >= 0.6 is 0 Å². The van der Waals surface area contributed by atoms with E-state index in [1.165, 1.54) is 31.1 Å². The predicted octanol–water partition coefficient (Wildman–Crippen LogP) is 0.817. The normalized spacial score (nSPS) is 17.0. The number of nitrogens with zero attached hydrogens (tertiary/aromatic N) is 3. The molecule has 0 radical (unpaired) electrons. The molecule has 1 amide bonds. The number of carbonyl (C=O) groups excluding carboxylic acids is 2. The number of imidazole rings is 1. The Balaban J connectivity index is 1.96. The molecule has 0 aliphatic carbocycles. The lowest BCUT2D eigenvalue weighted by molar-refractivity contribution is -0.895. The lowest BCUT2D eigenvalue weighted by Crippen LogP contribution is -3.12. The Labute approximate surface area is 222 Å². The molecule has 38 heavy (non-hydrogen) atoms. The number of carbonyl (C=O) groups is 2. The minimum absolute atomic E-state index is 0.118. The average molecular weight is 523 g/mol. The van der Waals surface area contributed by atoms with Crippen molar-refractivity contribution >= 4 is 23.1 Å². The molecule has 1 aliphatic rings. The Kier molecular flexibility index (Phi) is 7.91. The summed E-state index contributed by atoms with van der Waals surface area (Å²) in [5.74, 6) is -0.949. The van der Waals surface area contributed by atoms with Crippen LogP contribution < -0.4 is 24.2 Å². The summed E-state index contributed by atoms with van der Waals surface area (Å²) in [7, 11) is 4.48. The van der Waals surface area contributed by atoms with Crippen LogP contribution in [0.4, 0.5) is 0 Å². The van der Waals surface area contributed by atoms with Gasteiger partial charge in [-0.2, -0.15) is 0 Å². The summed E-state index contributed by atoms with van der Waals surface area (Å²) in [6.45, 7) is 8.53. The van der Waals surface area contributed by atoms with Crippen molar-refractivity contribution in [2.24, 2.45) is 0 Å². The van der Waals surface area contributed by atoms with E-state index in [9.17, 15) is 14.7 Å². The topological polar surface area (TPSA) is 110 Å². The minimum Gasteiger partial charge on any atom is -0.871 e. The van der Waals surface area contributed by atoms with Gasteiger partial charge in [0.2, 0.25) is 11.5 Å². The Morgan fingerprint density at radius 3 is 2.29 bits per heavy atom. The van der Waals surface area contributed by atoms with Crippen LogP contribution in [0, 0.1) is 6.92 Å². The standard InChI is InChI=1S/C28H34N4O6/c1-7-30(8-2)13-14-32-24(18-15-19(36-4)27(38-6)20(16-18)37-5)22(26(34)28(32)35)25(33)23-17(3)29-21-11-9-10-12-31(21)23/h9-12,15-16,24,33H,7-8,13-14H2,1-6H3. The van der Waals surface area contributed by atoms with Gasteiger partial charge in [-0.15, -0.1) is 0 Å². The lowest BCUT2D eigenvalue weighted by atomic mass is 9.95. The van der Waals surface area contributed by atoms with Crippen molar-refractivity contribution < 1.29 is 33.8 Å². The molecule has 1 fully saturated rings. The number of aryl methyl sites for hydroxylation is 1. The van der Waals surface area contributed by atoms with E-state index in [0.29, 0.717) is 47.2 Å². The summed E-state index contributed by atoms with van der Waals surface area (Å²) < 4.78 is 18.2. The first-order valence-corrected chi connectivity index (χ1v) is 12.6. The second-order valence-corrected chi connectivity index (χ2v) is 9.11. The van der Waals surface area contributed by atoms with Crippen LogP contribution in [0.25, 0.3) is 11.4 Å². The number of likely N-dealkylation sites (tertiary alicyclic amines) is 1. The number of hydrogen-bond acceptors (Lipinski definition) is 7. The smallest absolute Gasteiger partial charge is 0.295 e. The largest absolute Gasteiger partial charge is 0.871 e. The van der Waals surface area contributed by atoms with Gasteiger partial charge in [-0.1, -0.05) is 11.8 Å². The molecule has 0 bridgehead atoms. The zero-order chi connectivity index (χ0) is 27.6. The van der Waals surface area contributed by atoms with E-state index in [-0.39, 0.29) is 11.3 Å². The van der Waals surface area contributed by atoms with Crippen molar-refractivity contribution in [3.63, 3.8) is 0 Å². The van der Waals surface area contributed by atoms with Crippen molar-refractivity contribution in [1.82, 2.24) is 14.3 Å². The number of ether oxygens (including phenoxy) is 3. The first-order valence-electron chi connectivity index (χ1n) is 12.6. The quantitative estimate of drug-likeness (QED) is 0.239. The van der Waals surface area contributed by atoms with Crippen LogP contribution in [0.3, 0.4) is 0 Å². The summed E-state index contributed by atoms with van der Waals surface area (Å²) >= 11 is 0. The highest BCUT2D eigenvalue weighted by Crippen LogP contribution is 2.45. The van der Waals surface area contributed by atoms with Gasteiger partial charge in [0.1, 0.15) is 5.65 Å². The number of ketones is 1. The molecular weight excluding hydrogens is 488 g/mol. The molecule has 1 aliphatic heterocycles. The third-order valence-corrected chi connectivity index (χ3v) is 7.16. The predicted molar refractivity (Wildman–Crippen MR) is 139 cm³/mol. The van der Waals surface area contributed by atoms with Crippen molar-refractivity contribution in [2.75, 3.05) is 47.5 Å². The molecule has 1 N–H and O–H groups in total. The van der Waals surface area contributed by atoms with Crippen LogP contribution in [0.15, 0.2) is 42.1 Å². The Morgan fingerprint density at radius 1 is 1.05 bits per heavy atom. The van der Waals surface area contributed by atoms with E-state index in [1.807, 2.05) is 6.07 Å². The first kappa shape index (κ1) is 27.0. The highest BCUT2D eigenvalue weighted by Gasteiger charge is 2.45. The molecule has 202 valence electrons. The van der Waals surface area contributed by atoms with E-state index >= 15 is 0 Å². The number of nitrogens with one attached hydrogen (secondary N) is 1. The van der Waals surface area contributed by atoms with Gasteiger partial charge in [-0.05, 0) is 50.6 Å². The Hall–Kier alpha value is -4.05. The van der Waals surface area contributed by atoms with Crippen molar-refractivity contribution in [3.05, 3.63) is 59.1 Å². The van der Waals surface area contributed by atoms with Gasteiger partial charge in [0.25, 0.3) is 5.91 Å². The highest BCUT2D eigenvalue weighted by atomic mass is 16.5. The Morgan fingerprint density at radius 2 is 1.71 bits per heavy atom. The molecule has 10 heteroatoms. The summed E-state index contributed by atoms with van der Waals surface area (Å²) in [4.78, 5) is 34.2. The number of likely N-dealkylation sites (N-methyl/N-ethyl adjacent to an activating group) is 1. The van der Waals surface area contributed by atoms with Crippen molar-refractivity contribution in [2.45, 2.75) is 26.8 Å². The third-order valence-electron chi connectivity index (χ3n) is 7.16. The summed E-state index contributed by atoms with van der Waals surface area (Å²) in [6, 6.07) is 7.83. The van der Waals surface area contributed by atoms with Gasteiger partial charge in [0.05, 0.1) is 64.9 Å². The van der Waals surface area contributed by atoms with Gasteiger partial charge >= 0.3 is 0 Å². The number of fused-ring (bicyclic) bond motifs is 1. The number of pyridine rings is 1. The van der Waals surface area contributed by atoms with Gasteiger partial charge in [-0.25, -0.2) is 4.98 Å². The van der Waals surface area contributed by atoms with Crippen molar-refractivity contribution in [1.29, 1.82) is 0 Å². The van der Waals surface area contributed by atoms with E-state index < -0.39 is 23.5 Å². The molecule has 0 saturated carbocycles. The highest BCUT2D eigenvalue weighted by molar-refractivity contribution is 6.46. The second kappa shape index (κ2) is 11.1. The maximum atomic E-state index is 14.1. The molecule has 3 heterocycles. The number of rotatable bonds is 10. The minimum atomic E-state index is -0.931. The third kappa shape index (κ3) is 4.56. The Bertz CT molecular complexity index is 1370. The molecule has 2 aromatic heterocycles. The van der Waals surface area contributed by atoms with Crippen LogP contribution in [0.2, 0.25) is 0 Å². The molecule has 1 atom stereocenters. The molecular formula is C28H34N4O6. The number of quaternary nitrogens is 1. The van der Waals surface area contributed by atoms with E-state index in [4.69, 9.17) is 14.2 Å². The average Bonchev–Trinajstić information content (AvgIpc) is 3.40. The van der Waals surface area contributed by atoms with Gasteiger partial charge in [-0.3, -0.25) is 9.59 Å². The maximum absolute atomic E-state index is 14.1. The number of methoxy groups -OCH3 is 3. The second-order valence-electron chi connectivity index (χ2n) is 9.11. The molecule has 1 saturated heterocycles. The summed E-state index contributed by atoms with van der Waals surface area (Å²) in [5, 5.41) is 14.1. The number of amides is 1. The fourth-order valence-corrected chi connectivity index (χ4v) is 5.10. The first-order chi connectivity index (χ1) is 18.3. The fraction of sp³-hybridized carbons (Fsp3) is 0.393. The maximum Gasteiger partial charge on any atom is 0.295 e. The summed E-state index contributed by atoms with van der Waals surface area (Å²) in [5.41, 5.74) is 1.71. The van der Waals surface area contributed by atoms with Crippen molar-refractivity contribution in [3.8, 4) is 17.2 Å². The van der Waals surface area contributed by atoms with E-state index in [1.54, 1.807) is 41.8 Å². The van der Waals surface area contributed by atoms with Crippen LogP contribution in [0.1, 0.15) is 36.8 Å². The van der Waals surface area contributed by atoms with Crippen LogP contribution in [-0.2, 0) is 9.59 Å². The lowest BCUT2D eigenvalue weighted by Gasteiger charge is -2.29. The molecule has 1 aromatic carbocycles. The molecule has 1 unspecified atom stereocenters. The van der Waals surface area contributed by atoms with Gasteiger partial charge in [0.15, 0.2) is 11.5 Å². The van der Waals surface area contributed by atoms with Gasteiger partial charge < -0.3 is 33.5 Å². The van der Waals surface area contributed by atoms with E-state index in [0.717, 1.165) is 13.1 Å². The number of Topliss-reactive ketones (excluding diaryl/α,β-unsaturated/α-hetero) is 1. The molecule has 3 aromatic rings. The number of aromatic nitrogens is 2. The van der Waals surface area contributed by atoms with Crippen LogP contribution in [-0.4, -0.2) is 73.5 Å². The van der Waals surface area contributed by atoms with Crippen LogP contribution in [0.5, 0.6) is 17.2 Å². The van der Waals surface area contributed by atoms with Gasteiger partial charge in [0, 0.05) is 11.8 Å². The molecule has 0 spiro atoms. The van der Waals surface area contributed by atoms with E-state index in [2.05, 4.69) is 18.8 Å². The summed E-state index contributed by atoms with van der Waals surface area (Å²) in [6.07, 6.45) is 1.72. The monoisotopic (exact) mass is 522 g/mol. The molecule has 10 nitrogen and oxygen atoms in total. The number of benzene rings is 1. The zero-order valence-electron chi connectivity index (χ0n) is 22.7. The molecule has 4 rings (SSSR count). The SMILES string of the molecule is CC[NH+](CC)CCN1C(=O)C(=O)C(=C([O-])c2c(C)nc3ccccn23)C1c1cc(OC)c(OC)c(OC)c1. The zero-order valence-corrected chi connectivity index (χ0v) is 22.7. The fourth-order valence-electron chi connectivity index (χ4n) is 5.10.